The van der Waals surface area contributed by atoms with Crippen molar-refractivity contribution in [2.45, 2.75) is 32.3 Å². The summed E-state index contributed by atoms with van der Waals surface area (Å²) in [4.78, 5) is 0. The minimum absolute atomic E-state index is 0.591. The average Bonchev–Trinajstić information content (AvgIpc) is 2.59. The quantitative estimate of drug-likeness (QED) is 0.681. The molecule has 4 heteroatoms. The van der Waals surface area contributed by atoms with Crippen LogP contribution in [0.2, 0.25) is 0 Å². The maximum atomic E-state index is 9.75. The van der Waals surface area contributed by atoms with Crippen molar-refractivity contribution in [2.24, 2.45) is 7.05 Å². The minimum Gasteiger partial charge on any atom is -0.389 e. The lowest BCUT2D eigenvalue weighted by atomic mass is 10.0. The molecule has 1 rings (SSSR count). The molecular weight excluding hydrogens is 190 g/mol. The molecule has 2 N–H and O–H groups in total. The minimum atomic E-state index is -0.591. The fourth-order valence-corrected chi connectivity index (χ4v) is 1.35. The Morgan fingerprint density at radius 1 is 1.60 bits per heavy atom. The van der Waals surface area contributed by atoms with E-state index in [4.69, 9.17) is 0 Å². The third-order valence-electron chi connectivity index (χ3n) is 2.75. The molecular formula is C11H21N3O. The van der Waals surface area contributed by atoms with Crippen LogP contribution in [-0.4, -0.2) is 33.6 Å². The fourth-order valence-electron chi connectivity index (χ4n) is 1.35. The Morgan fingerprint density at radius 3 is 2.87 bits per heavy atom. The van der Waals surface area contributed by atoms with Crippen molar-refractivity contribution in [2.75, 3.05) is 13.1 Å². The van der Waals surface area contributed by atoms with Gasteiger partial charge in [-0.05, 0) is 19.4 Å². The normalized spacial score (nSPS) is 15.2. The molecule has 4 nitrogen and oxygen atoms in total. The van der Waals surface area contributed by atoms with Gasteiger partial charge in [0, 0.05) is 38.4 Å². The van der Waals surface area contributed by atoms with Gasteiger partial charge >= 0.3 is 0 Å². The van der Waals surface area contributed by atoms with Crippen LogP contribution >= 0.6 is 0 Å². The number of aliphatic hydroxyl groups is 1. The molecule has 1 heterocycles. The lowest BCUT2D eigenvalue weighted by Gasteiger charge is -2.21. The molecule has 0 aliphatic rings. The number of nitrogens with zero attached hydrogens (tertiary/aromatic N) is 2. The van der Waals surface area contributed by atoms with E-state index in [2.05, 4.69) is 10.4 Å². The summed E-state index contributed by atoms with van der Waals surface area (Å²) < 4.78 is 1.87. The van der Waals surface area contributed by atoms with Gasteiger partial charge in [0.05, 0.1) is 5.60 Å². The van der Waals surface area contributed by atoms with E-state index < -0.39 is 5.60 Å². The van der Waals surface area contributed by atoms with Crippen LogP contribution in [0.15, 0.2) is 12.3 Å². The molecule has 0 fully saturated rings. The van der Waals surface area contributed by atoms with Crippen LogP contribution in [0.3, 0.4) is 0 Å². The van der Waals surface area contributed by atoms with Gasteiger partial charge in [0.2, 0.25) is 0 Å². The van der Waals surface area contributed by atoms with Crippen LogP contribution in [0, 0.1) is 0 Å². The first kappa shape index (κ1) is 12.2. The summed E-state index contributed by atoms with van der Waals surface area (Å²) in [5, 5.41) is 17.1. The largest absolute Gasteiger partial charge is 0.389 e. The van der Waals surface area contributed by atoms with Crippen molar-refractivity contribution in [1.82, 2.24) is 15.1 Å². The zero-order valence-corrected chi connectivity index (χ0v) is 9.82. The van der Waals surface area contributed by atoms with Gasteiger partial charge in [-0.25, -0.2) is 0 Å². The first-order valence-electron chi connectivity index (χ1n) is 5.45. The van der Waals surface area contributed by atoms with Crippen LogP contribution in [0.4, 0.5) is 0 Å². The summed E-state index contributed by atoms with van der Waals surface area (Å²) in [7, 11) is 1.94. The monoisotopic (exact) mass is 211 g/mol. The Morgan fingerprint density at radius 2 is 2.33 bits per heavy atom. The maximum absolute atomic E-state index is 9.75. The van der Waals surface area contributed by atoms with Gasteiger partial charge < -0.3 is 10.4 Å². The molecule has 0 spiro atoms. The van der Waals surface area contributed by atoms with Crippen molar-refractivity contribution < 1.29 is 5.11 Å². The van der Waals surface area contributed by atoms with Crippen LogP contribution in [0.1, 0.15) is 26.0 Å². The summed E-state index contributed by atoms with van der Waals surface area (Å²) in [6, 6.07) is 2.01. The summed E-state index contributed by atoms with van der Waals surface area (Å²) in [5.74, 6) is 0. The maximum Gasteiger partial charge on any atom is 0.0740 e. The highest BCUT2D eigenvalue weighted by atomic mass is 16.3. The van der Waals surface area contributed by atoms with Crippen LogP contribution in [0.25, 0.3) is 0 Å². The number of hydrogen-bond acceptors (Lipinski definition) is 3. The third kappa shape index (κ3) is 4.01. The zero-order chi connectivity index (χ0) is 11.3. The van der Waals surface area contributed by atoms with Crippen molar-refractivity contribution in [3.63, 3.8) is 0 Å². The first-order chi connectivity index (χ1) is 7.05. The SMILES string of the molecule is CCC(C)(O)CNCCc1ccnn1C. The van der Waals surface area contributed by atoms with Gasteiger partial charge in [-0.3, -0.25) is 4.68 Å². The Balaban J connectivity index is 2.20. The summed E-state index contributed by atoms with van der Waals surface area (Å²) in [5.41, 5.74) is 0.616. The molecule has 1 aromatic rings. The molecule has 0 radical (unpaired) electrons. The van der Waals surface area contributed by atoms with Gasteiger partial charge in [-0.2, -0.15) is 5.10 Å². The molecule has 0 saturated heterocycles. The lowest BCUT2D eigenvalue weighted by molar-refractivity contribution is 0.0561. The predicted octanol–water partition coefficient (Wildman–Crippen LogP) is 0.713. The zero-order valence-electron chi connectivity index (χ0n) is 9.82. The average molecular weight is 211 g/mol. The molecule has 0 aliphatic heterocycles. The third-order valence-corrected chi connectivity index (χ3v) is 2.75. The smallest absolute Gasteiger partial charge is 0.0740 e. The first-order valence-corrected chi connectivity index (χ1v) is 5.45. The van der Waals surface area contributed by atoms with Crippen LogP contribution < -0.4 is 5.32 Å². The van der Waals surface area contributed by atoms with E-state index in [1.54, 1.807) is 6.20 Å². The second kappa shape index (κ2) is 5.28. The van der Waals surface area contributed by atoms with E-state index in [9.17, 15) is 5.11 Å². The summed E-state index contributed by atoms with van der Waals surface area (Å²) in [6.07, 6.45) is 3.51. The van der Waals surface area contributed by atoms with E-state index in [-0.39, 0.29) is 0 Å². The molecule has 86 valence electrons. The standard InChI is InChI=1S/C11H21N3O/c1-4-11(2,15)9-12-7-5-10-6-8-13-14(10)3/h6,8,12,15H,4-5,7,9H2,1-3H3. The van der Waals surface area contributed by atoms with Gasteiger partial charge in [-0.15, -0.1) is 0 Å². The Kier molecular flexibility index (Phi) is 4.29. The van der Waals surface area contributed by atoms with E-state index in [1.807, 2.05) is 31.6 Å². The van der Waals surface area contributed by atoms with Gasteiger partial charge in [0.1, 0.15) is 0 Å². The fraction of sp³-hybridized carbons (Fsp3) is 0.727. The van der Waals surface area contributed by atoms with Crippen molar-refractivity contribution in [1.29, 1.82) is 0 Å². The molecule has 1 aromatic heterocycles. The lowest BCUT2D eigenvalue weighted by Crippen LogP contribution is -2.38. The molecule has 0 bridgehead atoms. The van der Waals surface area contributed by atoms with Crippen LogP contribution in [-0.2, 0) is 13.5 Å². The number of hydrogen-bond donors (Lipinski definition) is 2. The van der Waals surface area contributed by atoms with Crippen molar-refractivity contribution in [3.8, 4) is 0 Å². The van der Waals surface area contributed by atoms with Gasteiger partial charge in [-0.1, -0.05) is 6.92 Å². The second-order valence-corrected chi connectivity index (χ2v) is 4.22. The summed E-state index contributed by atoms with van der Waals surface area (Å²) >= 11 is 0. The second-order valence-electron chi connectivity index (χ2n) is 4.22. The van der Waals surface area contributed by atoms with E-state index in [0.717, 1.165) is 19.4 Å². The molecule has 1 atom stereocenters. The van der Waals surface area contributed by atoms with Gasteiger partial charge in [0.25, 0.3) is 0 Å². The molecule has 1 unspecified atom stereocenters. The Hall–Kier alpha value is -0.870. The highest BCUT2D eigenvalue weighted by molar-refractivity contribution is 5.00. The molecule has 15 heavy (non-hydrogen) atoms. The van der Waals surface area contributed by atoms with Crippen molar-refractivity contribution >= 4 is 0 Å². The summed E-state index contributed by atoms with van der Waals surface area (Å²) in [6.45, 7) is 5.35. The Bertz CT molecular complexity index is 294. The molecule has 0 aromatic carbocycles. The van der Waals surface area contributed by atoms with Gasteiger partial charge in [0.15, 0.2) is 0 Å². The number of rotatable bonds is 6. The molecule has 0 amide bonds. The van der Waals surface area contributed by atoms with Crippen LogP contribution in [0.5, 0.6) is 0 Å². The van der Waals surface area contributed by atoms with E-state index >= 15 is 0 Å². The van der Waals surface area contributed by atoms with E-state index in [0.29, 0.717) is 6.54 Å². The topological polar surface area (TPSA) is 50.1 Å². The number of aromatic nitrogens is 2. The molecule has 0 saturated carbocycles. The highest BCUT2D eigenvalue weighted by Crippen LogP contribution is 2.05. The number of nitrogens with one attached hydrogen (secondary N) is 1. The molecule has 0 aliphatic carbocycles. The number of aryl methyl sites for hydroxylation is 1. The Labute approximate surface area is 91.3 Å². The van der Waals surface area contributed by atoms with E-state index in [1.165, 1.54) is 5.69 Å². The predicted molar refractivity (Wildman–Crippen MR) is 60.7 cm³/mol. The highest BCUT2D eigenvalue weighted by Gasteiger charge is 2.15. The van der Waals surface area contributed by atoms with Crippen molar-refractivity contribution in [3.05, 3.63) is 18.0 Å².